The Morgan fingerprint density at radius 1 is 1.03 bits per heavy atom. The average Bonchev–Trinajstić information content (AvgIpc) is 2.73. The van der Waals surface area contributed by atoms with E-state index in [0.717, 1.165) is 37.8 Å². The van der Waals surface area contributed by atoms with Gasteiger partial charge in [0.05, 0.1) is 10.8 Å². The number of carbonyl (C=O) groups excluding carboxylic acids is 2. The highest BCUT2D eigenvalue weighted by Crippen LogP contribution is 2.25. The van der Waals surface area contributed by atoms with Gasteiger partial charge >= 0.3 is 5.97 Å². The van der Waals surface area contributed by atoms with E-state index in [9.17, 15) is 22.4 Å². The molecule has 29 heavy (non-hydrogen) atoms. The molecule has 1 amide bonds. The largest absolute Gasteiger partial charge is 0.455 e. The van der Waals surface area contributed by atoms with Crippen molar-refractivity contribution in [2.24, 2.45) is 5.92 Å². The van der Waals surface area contributed by atoms with Crippen molar-refractivity contribution in [3.8, 4) is 0 Å². The Kier molecular flexibility index (Phi) is 7.23. The van der Waals surface area contributed by atoms with Gasteiger partial charge in [-0.25, -0.2) is 12.8 Å². The van der Waals surface area contributed by atoms with Gasteiger partial charge in [0.25, 0.3) is 5.91 Å². The summed E-state index contributed by atoms with van der Waals surface area (Å²) in [5.41, 5.74) is 0. The van der Waals surface area contributed by atoms with Gasteiger partial charge in [-0.2, -0.15) is 4.31 Å². The number of nitrogens with one attached hydrogen (secondary N) is 1. The maximum absolute atomic E-state index is 13.0. The maximum Gasteiger partial charge on any atom is 0.309 e. The van der Waals surface area contributed by atoms with Crippen molar-refractivity contribution < 1.29 is 27.1 Å². The molecule has 1 aliphatic carbocycles. The van der Waals surface area contributed by atoms with Crippen molar-refractivity contribution in [1.82, 2.24) is 9.62 Å². The lowest BCUT2D eigenvalue weighted by molar-refractivity contribution is -0.153. The lowest BCUT2D eigenvalue weighted by Crippen LogP contribution is -2.42. The number of benzene rings is 1. The molecule has 1 saturated heterocycles. The molecular formula is C20H27FN2O5S. The maximum atomic E-state index is 13.0. The van der Waals surface area contributed by atoms with Gasteiger partial charge in [0.15, 0.2) is 6.61 Å². The topological polar surface area (TPSA) is 92.8 Å². The van der Waals surface area contributed by atoms with Crippen LogP contribution in [-0.2, 0) is 24.3 Å². The normalized spacial score (nSPS) is 19.6. The summed E-state index contributed by atoms with van der Waals surface area (Å²) in [4.78, 5) is 24.2. The van der Waals surface area contributed by atoms with Gasteiger partial charge in [0.2, 0.25) is 10.0 Å². The number of sulfonamides is 1. The van der Waals surface area contributed by atoms with E-state index in [2.05, 4.69) is 5.32 Å². The third kappa shape index (κ3) is 5.76. The highest BCUT2D eigenvalue weighted by atomic mass is 32.2. The zero-order valence-electron chi connectivity index (χ0n) is 16.3. The third-order valence-corrected chi connectivity index (χ3v) is 7.47. The molecule has 1 aromatic rings. The number of hydrogen-bond acceptors (Lipinski definition) is 5. The summed E-state index contributed by atoms with van der Waals surface area (Å²) in [5.74, 6) is -1.70. The summed E-state index contributed by atoms with van der Waals surface area (Å²) in [7, 11) is -3.72. The SMILES string of the molecule is O=C(COC(=O)C1CCN(S(=O)(=O)c2ccc(F)cc2)CC1)NC1CCCCC1. The van der Waals surface area contributed by atoms with Gasteiger partial charge < -0.3 is 10.1 Å². The second-order valence-electron chi connectivity index (χ2n) is 7.64. The quantitative estimate of drug-likeness (QED) is 0.704. The number of piperidine rings is 1. The molecule has 0 bridgehead atoms. The highest BCUT2D eigenvalue weighted by molar-refractivity contribution is 7.89. The molecule has 2 aliphatic rings. The van der Waals surface area contributed by atoms with Gasteiger partial charge in [0, 0.05) is 19.1 Å². The molecule has 1 heterocycles. The molecule has 1 N–H and O–H groups in total. The Morgan fingerprint density at radius 2 is 1.66 bits per heavy atom. The molecule has 1 saturated carbocycles. The molecule has 9 heteroatoms. The fourth-order valence-electron chi connectivity index (χ4n) is 3.86. The summed E-state index contributed by atoms with van der Waals surface area (Å²) in [6.07, 6.45) is 5.96. The smallest absolute Gasteiger partial charge is 0.309 e. The van der Waals surface area contributed by atoms with Crippen LogP contribution in [0.5, 0.6) is 0 Å². The van der Waals surface area contributed by atoms with Crippen molar-refractivity contribution in [1.29, 1.82) is 0 Å². The van der Waals surface area contributed by atoms with E-state index in [1.807, 2.05) is 0 Å². The summed E-state index contributed by atoms with van der Waals surface area (Å²) < 4.78 is 44.7. The average molecular weight is 427 g/mol. The van der Waals surface area contributed by atoms with E-state index < -0.39 is 27.7 Å². The molecule has 0 atom stereocenters. The summed E-state index contributed by atoms with van der Waals surface area (Å²) in [6, 6.07) is 4.84. The van der Waals surface area contributed by atoms with Crippen molar-refractivity contribution in [3.63, 3.8) is 0 Å². The van der Waals surface area contributed by atoms with E-state index >= 15 is 0 Å². The van der Waals surface area contributed by atoms with Crippen LogP contribution in [0.1, 0.15) is 44.9 Å². The number of amides is 1. The Hall–Kier alpha value is -2.00. The Balaban J connectivity index is 1.44. The molecule has 0 unspecified atom stereocenters. The number of hydrogen-bond donors (Lipinski definition) is 1. The van der Waals surface area contributed by atoms with Crippen molar-refractivity contribution in [2.45, 2.75) is 55.9 Å². The van der Waals surface area contributed by atoms with E-state index in [4.69, 9.17) is 4.74 Å². The molecule has 160 valence electrons. The molecular weight excluding hydrogens is 399 g/mol. The monoisotopic (exact) mass is 426 g/mol. The summed E-state index contributed by atoms with van der Waals surface area (Å²) in [5, 5.41) is 2.90. The van der Waals surface area contributed by atoms with E-state index in [0.29, 0.717) is 12.8 Å². The zero-order valence-corrected chi connectivity index (χ0v) is 17.1. The Bertz CT molecular complexity index is 814. The Morgan fingerprint density at radius 3 is 2.28 bits per heavy atom. The minimum absolute atomic E-state index is 0.0271. The molecule has 0 spiro atoms. The lowest BCUT2D eigenvalue weighted by atomic mass is 9.95. The predicted octanol–water partition coefficient (Wildman–Crippen LogP) is 2.22. The van der Waals surface area contributed by atoms with Crippen LogP contribution in [0.2, 0.25) is 0 Å². The molecule has 1 aromatic carbocycles. The first-order valence-corrected chi connectivity index (χ1v) is 11.5. The Labute approximate surface area is 170 Å². The van der Waals surface area contributed by atoms with Crippen molar-refractivity contribution in [2.75, 3.05) is 19.7 Å². The van der Waals surface area contributed by atoms with Crippen LogP contribution in [0.25, 0.3) is 0 Å². The van der Waals surface area contributed by atoms with Gasteiger partial charge in [-0.3, -0.25) is 9.59 Å². The number of carbonyl (C=O) groups is 2. The fourth-order valence-corrected chi connectivity index (χ4v) is 5.33. The molecule has 1 aliphatic heterocycles. The molecule has 2 fully saturated rings. The minimum Gasteiger partial charge on any atom is -0.455 e. The van der Waals surface area contributed by atoms with Crippen LogP contribution in [0.15, 0.2) is 29.2 Å². The summed E-state index contributed by atoms with van der Waals surface area (Å²) in [6.45, 7) is 0.0465. The van der Waals surface area contributed by atoms with Gasteiger partial charge in [0.1, 0.15) is 5.82 Å². The first kappa shape index (κ1) is 21.7. The predicted molar refractivity (Wildman–Crippen MR) is 104 cm³/mol. The zero-order chi connectivity index (χ0) is 20.9. The summed E-state index contributed by atoms with van der Waals surface area (Å²) >= 11 is 0. The highest BCUT2D eigenvalue weighted by Gasteiger charge is 2.33. The number of rotatable bonds is 6. The van der Waals surface area contributed by atoms with Crippen LogP contribution >= 0.6 is 0 Å². The standard InChI is InChI=1S/C20H27FN2O5S/c21-16-6-8-18(9-7-16)29(26,27)23-12-10-15(11-13-23)20(25)28-14-19(24)22-17-4-2-1-3-5-17/h6-9,15,17H,1-5,10-14H2,(H,22,24). The number of ether oxygens (including phenoxy) is 1. The lowest BCUT2D eigenvalue weighted by Gasteiger charge is -2.30. The molecule has 7 nitrogen and oxygen atoms in total. The van der Waals surface area contributed by atoms with E-state index in [-0.39, 0.29) is 36.5 Å². The van der Waals surface area contributed by atoms with E-state index in [1.165, 1.54) is 22.9 Å². The van der Waals surface area contributed by atoms with Crippen LogP contribution in [0.3, 0.4) is 0 Å². The second-order valence-corrected chi connectivity index (χ2v) is 9.58. The number of halogens is 1. The number of esters is 1. The van der Waals surface area contributed by atoms with Crippen LogP contribution in [0, 0.1) is 11.7 Å². The van der Waals surface area contributed by atoms with Crippen molar-refractivity contribution >= 4 is 21.9 Å². The molecule has 0 radical (unpaired) electrons. The molecule has 3 rings (SSSR count). The second kappa shape index (κ2) is 9.67. The van der Waals surface area contributed by atoms with Gasteiger partial charge in [-0.1, -0.05) is 19.3 Å². The van der Waals surface area contributed by atoms with Crippen LogP contribution in [-0.4, -0.2) is 50.3 Å². The van der Waals surface area contributed by atoms with Gasteiger partial charge in [-0.15, -0.1) is 0 Å². The van der Waals surface area contributed by atoms with Crippen LogP contribution in [0.4, 0.5) is 4.39 Å². The van der Waals surface area contributed by atoms with Crippen molar-refractivity contribution in [3.05, 3.63) is 30.1 Å². The molecule has 0 aromatic heterocycles. The first-order chi connectivity index (χ1) is 13.9. The third-order valence-electron chi connectivity index (χ3n) is 5.55. The van der Waals surface area contributed by atoms with Crippen LogP contribution < -0.4 is 5.32 Å². The van der Waals surface area contributed by atoms with E-state index in [1.54, 1.807) is 0 Å². The fraction of sp³-hybridized carbons (Fsp3) is 0.600. The number of nitrogens with zero attached hydrogens (tertiary/aromatic N) is 1. The van der Waals surface area contributed by atoms with Gasteiger partial charge in [-0.05, 0) is 49.9 Å². The minimum atomic E-state index is -3.72. The first-order valence-electron chi connectivity index (χ1n) is 10.1.